The smallest absolute Gasteiger partial charge is 0.338 e. The van der Waals surface area contributed by atoms with Crippen molar-refractivity contribution in [3.05, 3.63) is 59.7 Å². The Morgan fingerprint density at radius 2 is 1.10 bits per heavy atom. The van der Waals surface area contributed by atoms with Gasteiger partial charge < -0.3 is 9.84 Å². The maximum absolute atomic E-state index is 12.2. The zero-order valence-electron chi connectivity index (χ0n) is 18.1. The van der Waals surface area contributed by atoms with Gasteiger partial charge in [0.25, 0.3) is 0 Å². The van der Waals surface area contributed by atoms with Gasteiger partial charge in [-0.05, 0) is 41.8 Å². The largest absolute Gasteiger partial charge is 0.478 e. The minimum absolute atomic E-state index is 0.255. The lowest BCUT2D eigenvalue weighted by molar-refractivity contribution is 0.0497. The van der Waals surface area contributed by atoms with Gasteiger partial charge in [-0.2, -0.15) is 0 Å². The first kappa shape index (κ1) is 23.7. The molecule has 30 heavy (non-hydrogen) atoms. The highest BCUT2D eigenvalue weighted by Crippen LogP contribution is 2.21. The molecule has 0 bridgehead atoms. The third kappa shape index (κ3) is 8.40. The van der Waals surface area contributed by atoms with Gasteiger partial charge in [-0.3, -0.25) is 0 Å². The van der Waals surface area contributed by atoms with E-state index in [9.17, 15) is 9.59 Å². The van der Waals surface area contributed by atoms with E-state index in [4.69, 9.17) is 9.84 Å². The van der Waals surface area contributed by atoms with E-state index in [1.807, 2.05) is 12.1 Å². The second-order valence-electron chi connectivity index (χ2n) is 7.78. The molecular formula is C26H34O4. The van der Waals surface area contributed by atoms with Crippen LogP contribution in [-0.2, 0) is 4.74 Å². The molecule has 2 rings (SSSR count). The van der Waals surface area contributed by atoms with Gasteiger partial charge >= 0.3 is 11.9 Å². The zero-order valence-corrected chi connectivity index (χ0v) is 18.1. The van der Waals surface area contributed by atoms with E-state index < -0.39 is 5.97 Å². The second kappa shape index (κ2) is 13.6. The molecule has 0 atom stereocenters. The van der Waals surface area contributed by atoms with Gasteiger partial charge in [0.15, 0.2) is 0 Å². The molecule has 0 saturated carbocycles. The average molecular weight is 411 g/mol. The highest BCUT2D eigenvalue weighted by atomic mass is 16.5. The third-order valence-electron chi connectivity index (χ3n) is 5.32. The number of carboxylic acids is 1. The number of aromatic carboxylic acids is 1. The van der Waals surface area contributed by atoms with Crippen LogP contribution in [0.3, 0.4) is 0 Å². The predicted octanol–water partition coefficient (Wildman–Crippen LogP) is 7.13. The maximum atomic E-state index is 12.2. The van der Waals surface area contributed by atoms with Crippen molar-refractivity contribution in [1.29, 1.82) is 0 Å². The Labute approximate surface area is 180 Å². The molecule has 2 aromatic carbocycles. The molecule has 2 aromatic rings. The van der Waals surface area contributed by atoms with E-state index in [0.717, 1.165) is 24.0 Å². The maximum Gasteiger partial charge on any atom is 0.338 e. The summed E-state index contributed by atoms with van der Waals surface area (Å²) in [6, 6.07) is 13.9. The number of benzene rings is 2. The van der Waals surface area contributed by atoms with Gasteiger partial charge in [0.2, 0.25) is 0 Å². The molecule has 0 aliphatic carbocycles. The number of rotatable bonds is 14. The number of hydrogen-bond acceptors (Lipinski definition) is 3. The quantitative estimate of drug-likeness (QED) is 0.266. The number of unbranched alkanes of at least 4 members (excludes halogenated alkanes) is 9. The first-order chi connectivity index (χ1) is 14.6. The predicted molar refractivity (Wildman–Crippen MR) is 121 cm³/mol. The van der Waals surface area contributed by atoms with Crippen LogP contribution in [0.5, 0.6) is 0 Å². The topological polar surface area (TPSA) is 63.6 Å². The molecule has 0 aliphatic heterocycles. The second-order valence-corrected chi connectivity index (χ2v) is 7.78. The van der Waals surface area contributed by atoms with Crippen molar-refractivity contribution in [1.82, 2.24) is 0 Å². The van der Waals surface area contributed by atoms with E-state index in [-0.39, 0.29) is 11.5 Å². The van der Waals surface area contributed by atoms with Crippen molar-refractivity contribution >= 4 is 11.9 Å². The van der Waals surface area contributed by atoms with Gasteiger partial charge in [0.1, 0.15) is 0 Å². The summed E-state index contributed by atoms with van der Waals surface area (Å²) < 4.78 is 5.38. The Balaban J connectivity index is 1.63. The van der Waals surface area contributed by atoms with E-state index in [1.165, 1.54) is 51.4 Å². The van der Waals surface area contributed by atoms with Crippen LogP contribution in [0.4, 0.5) is 0 Å². The molecule has 0 radical (unpaired) electrons. The summed E-state index contributed by atoms with van der Waals surface area (Å²) in [6.45, 7) is 2.71. The standard InChI is InChI=1S/C26H34O4/c1-2-3-4-5-6-7-8-9-10-11-20-30-26(29)24-18-14-22(15-19-24)21-12-16-23(17-13-21)25(27)28/h12-19H,2-11,20H2,1H3,(H,27,28). The highest BCUT2D eigenvalue weighted by Gasteiger charge is 2.08. The number of carbonyl (C=O) groups excluding carboxylic acids is 1. The molecule has 0 heterocycles. The molecular weight excluding hydrogens is 376 g/mol. The molecule has 0 saturated heterocycles. The zero-order chi connectivity index (χ0) is 21.6. The van der Waals surface area contributed by atoms with Crippen molar-refractivity contribution in [3.8, 4) is 11.1 Å². The summed E-state index contributed by atoms with van der Waals surface area (Å²) in [7, 11) is 0. The molecule has 1 N–H and O–H groups in total. The molecule has 0 unspecified atom stereocenters. The Morgan fingerprint density at radius 3 is 1.57 bits per heavy atom. The van der Waals surface area contributed by atoms with Gasteiger partial charge in [0, 0.05) is 0 Å². The Morgan fingerprint density at radius 1 is 0.667 bits per heavy atom. The molecule has 0 fully saturated rings. The van der Waals surface area contributed by atoms with Crippen LogP contribution in [0.25, 0.3) is 11.1 Å². The molecule has 162 valence electrons. The van der Waals surface area contributed by atoms with Crippen molar-refractivity contribution in [2.75, 3.05) is 6.61 Å². The van der Waals surface area contributed by atoms with E-state index in [0.29, 0.717) is 12.2 Å². The van der Waals surface area contributed by atoms with Gasteiger partial charge in [0.05, 0.1) is 17.7 Å². The lowest BCUT2D eigenvalue weighted by Gasteiger charge is -2.07. The summed E-state index contributed by atoms with van der Waals surface area (Å²) in [5.74, 6) is -1.24. The van der Waals surface area contributed by atoms with Crippen molar-refractivity contribution < 1.29 is 19.4 Å². The molecule has 0 aliphatic rings. The van der Waals surface area contributed by atoms with E-state index in [2.05, 4.69) is 6.92 Å². The summed E-state index contributed by atoms with van der Waals surface area (Å²) in [5, 5.41) is 8.97. The van der Waals surface area contributed by atoms with Crippen LogP contribution in [0.2, 0.25) is 0 Å². The van der Waals surface area contributed by atoms with Crippen LogP contribution in [0, 0.1) is 0 Å². The third-order valence-corrected chi connectivity index (χ3v) is 5.32. The van der Waals surface area contributed by atoms with Crippen molar-refractivity contribution in [2.24, 2.45) is 0 Å². The van der Waals surface area contributed by atoms with E-state index >= 15 is 0 Å². The summed E-state index contributed by atoms with van der Waals surface area (Å²) in [4.78, 5) is 23.1. The minimum atomic E-state index is -0.943. The lowest BCUT2D eigenvalue weighted by Crippen LogP contribution is -2.06. The Kier molecular flexibility index (Phi) is 10.7. The van der Waals surface area contributed by atoms with Crippen LogP contribution >= 0.6 is 0 Å². The molecule has 4 heteroatoms. The monoisotopic (exact) mass is 410 g/mol. The molecule has 4 nitrogen and oxygen atoms in total. The van der Waals surface area contributed by atoms with Crippen molar-refractivity contribution in [3.63, 3.8) is 0 Å². The summed E-state index contributed by atoms with van der Waals surface area (Å²) in [6.07, 6.45) is 12.5. The summed E-state index contributed by atoms with van der Waals surface area (Å²) >= 11 is 0. The molecule has 0 amide bonds. The van der Waals surface area contributed by atoms with Crippen LogP contribution in [-0.4, -0.2) is 23.7 Å². The van der Waals surface area contributed by atoms with Gasteiger partial charge in [-0.15, -0.1) is 0 Å². The Hall–Kier alpha value is -2.62. The van der Waals surface area contributed by atoms with Crippen LogP contribution in [0.1, 0.15) is 91.8 Å². The normalized spacial score (nSPS) is 10.7. The number of carbonyl (C=O) groups is 2. The van der Waals surface area contributed by atoms with Gasteiger partial charge in [-0.1, -0.05) is 89.0 Å². The number of ether oxygens (including phenoxy) is 1. The fourth-order valence-electron chi connectivity index (χ4n) is 3.44. The van der Waals surface area contributed by atoms with Crippen LogP contribution < -0.4 is 0 Å². The SMILES string of the molecule is CCCCCCCCCCCCOC(=O)c1ccc(-c2ccc(C(=O)O)cc2)cc1. The first-order valence-corrected chi connectivity index (χ1v) is 11.2. The number of carboxylic acid groups (broad SMARTS) is 1. The van der Waals surface area contributed by atoms with E-state index in [1.54, 1.807) is 36.4 Å². The lowest BCUT2D eigenvalue weighted by atomic mass is 10.0. The summed E-state index contributed by atoms with van der Waals surface area (Å²) in [5.41, 5.74) is 2.63. The first-order valence-electron chi connectivity index (χ1n) is 11.2. The van der Waals surface area contributed by atoms with Gasteiger partial charge in [-0.25, -0.2) is 9.59 Å². The van der Waals surface area contributed by atoms with Crippen molar-refractivity contribution in [2.45, 2.75) is 71.1 Å². The molecule has 0 aromatic heterocycles. The fraction of sp³-hybridized carbons (Fsp3) is 0.462. The number of hydrogen-bond donors (Lipinski definition) is 1. The highest BCUT2D eigenvalue weighted by molar-refractivity contribution is 5.90. The van der Waals surface area contributed by atoms with Crippen LogP contribution in [0.15, 0.2) is 48.5 Å². The fourth-order valence-corrected chi connectivity index (χ4v) is 3.44. The minimum Gasteiger partial charge on any atom is -0.478 e. The number of esters is 1. The average Bonchev–Trinajstić information content (AvgIpc) is 2.77. The molecule has 0 spiro atoms. The Bertz CT molecular complexity index is 763.